The number of β-amino-alcohol motifs (C(OH)–C–C–N with tert-alkyl or cyclic N) is 1. The van der Waals surface area contributed by atoms with Gasteiger partial charge in [-0.25, -0.2) is 0 Å². The third kappa shape index (κ3) is 5.10. The summed E-state index contributed by atoms with van der Waals surface area (Å²) in [7, 11) is 0. The molecule has 3 aromatic rings. The monoisotopic (exact) mass is 431 g/mol. The molecule has 1 aromatic carbocycles. The number of morpholine rings is 1. The molecule has 0 amide bonds. The molecule has 162 valence electrons. The van der Waals surface area contributed by atoms with Gasteiger partial charge in [0.25, 0.3) is 5.88 Å². The summed E-state index contributed by atoms with van der Waals surface area (Å²) in [5.41, 5.74) is 2.23. The van der Waals surface area contributed by atoms with E-state index >= 15 is 0 Å². The van der Waals surface area contributed by atoms with Crippen molar-refractivity contribution in [2.24, 2.45) is 0 Å². The van der Waals surface area contributed by atoms with E-state index in [1.807, 2.05) is 6.07 Å². The minimum Gasteiger partial charge on any atom is -0.472 e. The van der Waals surface area contributed by atoms with Gasteiger partial charge in [-0.1, -0.05) is 18.2 Å². The Morgan fingerprint density at radius 3 is 2.93 bits per heavy atom. The van der Waals surface area contributed by atoms with E-state index < -0.39 is 6.10 Å². The predicted octanol–water partition coefficient (Wildman–Crippen LogP) is 2.21. The van der Waals surface area contributed by atoms with Crippen LogP contribution in [0.5, 0.6) is 5.88 Å². The van der Waals surface area contributed by atoms with Crippen molar-refractivity contribution >= 4 is 28.4 Å². The van der Waals surface area contributed by atoms with Gasteiger partial charge in [-0.2, -0.15) is 4.37 Å². The summed E-state index contributed by atoms with van der Waals surface area (Å²) in [6, 6.07) is 8.30. The van der Waals surface area contributed by atoms with Crippen LogP contribution in [0, 0.1) is 0 Å². The molecule has 3 heterocycles. The largest absolute Gasteiger partial charge is 0.472 e. The van der Waals surface area contributed by atoms with E-state index in [1.54, 1.807) is 0 Å². The van der Waals surface area contributed by atoms with Crippen LogP contribution in [0.25, 0.3) is 10.9 Å². The molecule has 3 N–H and O–H groups in total. The van der Waals surface area contributed by atoms with Crippen molar-refractivity contribution in [2.75, 3.05) is 44.4 Å². The average molecular weight is 432 g/mol. The van der Waals surface area contributed by atoms with E-state index in [-0.39, 0.29) is 12.1 Å². The molecule has 1 aliphatic heterocycles. The summed E-state index contributed by atoms with van der Waals surface area (Å²) >= 11 is 1.12. The number of rotatable bonds is 9. The van der Waals surface area contributed by atoms with E-state index in [2.05, 4.69) is 62.2 Å². The van der Waals surface area contributed by atoms with Gasteiger partial charge < -0.3 is 29.8 Å². The molecule has 1 fully saturated rings. The number of H-pyrrole nitrogens is 1. The molecular formula is C21H29N5O3S. The van der Waals surface area contributed by atoms with Gasteiger partial charge in [-0.05, 0) is 31.9 Å². The topological polar surface area (TPSA) is 95.5 Å². The van der Waals surface area contributed by atoms with Crippen LogP contribution in [0.15, 0.2) is 30.5 Å². The Bertz CT molecular complexity index is 951. The molecule has 0 spiro atoms. The van der Waals surface area contributed by atoms with E-state index in [1.165, 1.54) is 10.9 Å². The first-order valence-corrected chi connectivity index (χ1v) is 11.0. The van der Waals surface area contributed by atoms with Gasteiger partial charge in [-0.3, -0.25) is 0 Å². The lowest BCUT2D eigenvalue weighted by Gasteiger charge is -2.28. The van der Waals surface area contributed by atoms with Gasteiger partial charge >= 0.3 is 0 Å². The number of aliphatic hydroxyl groups is 1. The van der Waals surface area contributed by atoms with Crippen LogP contribution >= 0.6 is 11.7 Å². The molecule has 0 bridgehead atoms. The Labute approximate surface area is 180 Å². The lowest BCUT2D eigenvalue weighted by molar-refractivity contribution is 0.0963. The highest BCUT2D eigenvalue weighted by Crippen LogP contribution is 2.26. The van der Waals surface area contributed by atoms with Crippen LogP contribution in [0.3, 0.4) is 0 Å². The fourth-order valence-corrected chi connectivity index (χ4v) is 4.20. The maximum Gasteiger partial charge on any atom is 0.270 e. The number of anilines is 1. The number of nitrogens with one attached hydrogen (secondary N) is 2. The van der Waals surface area contributed by atoms with Crippen molar-refractivity contribution < 1.29 is 14.6 Å². The maximum absolute atomic E-state index is 10.4. The molecule has 8 nitrogen and oxygen atoms in total. The van der Waals surface area contributed by atoms with Crippen molar-refractivity contribution in [3.05, 3.63) is 36.0 Å². The number of para-hydroxylation sites is 1. The highest BCUT2D eigenvalue weighted by molar-refractivity contribution is 6.99. The van der Waals surface area contributed by atoms with Gasteiger partial charge in [0.2, 0.25) is 5.82 Å². The third-order valence-electron chi connectivity index (χ3n) is 5.29. The number of fused-ring (bicyclic) bond motifs is 1. The van der Waals surface area contributed by atoms with Crippen LogP contribution in [0.1, 0.15) is 19.4 Å². The van der Waals surface area contributed by atoms with Crippen molar-refractivity contribution in [1.82, 2.24) is 19.0 Å². The second-order valence-corrected chi connectivity index (χ2v) is 8.79. The molecule has 2 aromatic heterocycles. The van der Waals surface area contributed by atoms with Crippen LogP contribution in [0.4, 0.5) is 5.82 Å². The SMILES string of the molecule is CC(C)(Cc1c[nH]c2ccccc12)NCC(O)COc1nsnc1N1CCOCC1. The highest BCUT2D eigenvalue weighted by atomic mass is 32.1. The number of ether oxygens (including phenoxy) is 2. The summed E-state index contributed by atoms with van der Waals surface area (Å²) in [6.07, 6.45) is 2.27. The van der Waals surface area contributed by atoms with E-state index in [4.69, 9.17) is 9.47 Å². The van der Waals surface area contributed by atoms with Crippen molar-refractivity contribution in [2.45, 2.75) is 31.9 Å². The number of aliphatic hydroxyl groups excluding tert-OH is 1. The average Bonchev–Trinajstić information content (AvgIpc) is 3.39. The number of aromatic nitrogens is 3. The van der Waals surface area contributed by atoms with Crippen molar-refractivity contribution in [3.63, 3.8) is 0 Å². The lowest BCUT2D eigenvalue weighted by atomic mass is 9.94. The summed E-state index contributed by atoms with van der Waals surface area (Å²) < 4.78 is 19.8. The molecule has 30 heavy (non-hydrogen) atoms. The Morgan fingerprint density at radius 2 is 2.10 bits per heavy atom. The minimum atomic E-state index is -0.647. The first-order chi connectivity index (χ1) is 14.5. The summed E-state index contributed by atoms with van der Waals surface area (Å²) in [5.74, 6) is 1.22. The highest BCUT2D eigenvalue weighted by Gasteiger charge is 2.23. The first-order valence-electron chi connectivity index (χ1n) is 10.3. The molecule has 9 heteroatoms. The van der Waals surface area contributed by atoms with Crippen LogP contribution in [-0.2, 0) is 11.2 Å². The molecule has 0 saturated carbocycles. The fraction of sp³-hybridized carbons (Fsp3) is 0.524. The Hall–Kier alpha value is -2.20. The number of hydrogen-bond donors (Lipinski definition) is 3. The molecule has 0 aliphatic carbocycles. The normalized spacial score (nSPS) is 16.2. The lowest BCUT2D eigenvalue weighted by Crippen LogP contribution is -2.46. The molecule has 1 saturated heterocycles. The number of nitrogens with zero attached hydrogens (tertiary/aromatic N) is 3. The summed E-state index contributed by atoms with van der Waals surface area (Å²) in [6.45, 7) is 7.77. The van der Waals surface area contributed by atoms with E-state index in [0.29, 0.717) is 25.6 Å². The van der Waals surface area contributed by atoms with E-state index in [0.717, 1.165) is 42.6 Å². The fourth-order valence-electron chi connectivity index (χ4n) is 3.68. The smallest absolute Gasteiger partial charge is 0.270 e. The standard InChI is InChI=1S/C21H29N5O3S/c1-21(2,11-15-12-22-18-6-4-3-5-17(15)18)23-13-16(27)14-29-20-19(24-30-25-20)26-7-9-28-10-8-26/h3-6,12,16,22-23,27H,7-11,13-14H2,1-2H3. The van der Waals surface area contributed by atoms with Crippen LogP contribution < -0.4 is 15.0 Å². The zero-order valence-electron chi connectivity index (χ0n) is 17.4. The molecule has 0 radical (unpaired) electrons. The van der Waals surface area contributed by atoms with E-state index in [9.17, 15) is 5.11 Å². The second-order valence-electron chi connectivity index (χ2n) is 8.26. The van der Waals surface area contributed by atoms with Crippen molar-refractivity contribution in [1.29, 1.82) is 0 Å². The number of benzene rings is 1. The van der Waals surface area contributed by atoms with Gasteiger partial charge in [0.15, 0.2) is 0 Å². The summed E-state index contributed by atoms with van der Waals surface area (Å²) in [4.78, 5) is 5.43. The molecule has 1 atom stereocenters. The third-order valence-corrected chi connectivity index (χ3v) is 5.79. The van der Waals surface area contributed by atoms with Gasteiger partial charge in [0.1, 0.15) is 12.7 Å². The van der Waals surface area contributed by atoms with Gasteiger partial charge in [0, 0.05) is 42.3 Å². The zero-order chi connectivity index (χ0) is 21.0. The number of aromatic amines is 1. The predicted molar refractivity (Wildman–Crippen MR) is 119 cm³/mol. The molecular weight excluding hydrogens is 402 g/mol. The van der Waals surface area contributed by atoms with Crippen LogP contribution in [0.2, 0.25) is 0 Å². The Morgan fingerprint density at radius 1 is 1.30 bits per heavy atom. The Kier molecular flexibility index (Phi) is 6.52. The quantitative estimate of drug-likeness (QED) is 0.478. The van der Waals surface area contributed by atoms with Gasteiger partial charge in [0.05, 0.1) is 24.9 Å². The van der Waals surface area contributed by atoms with Crippen molar-refractivity contribution in [3.8, 4) is 5.88 Å². The number of hydrogen-bond acceptors (Lipinski definition) is 8. The first kappa shape index (κ1) is 21.0. The molecule has 1 aliphatic rings. The Balaban J connectivity index is 1.27. The molecule has 4 rings (SSSR count). The summed E-state index contributed by atoms with van der Waals surface area (Å²) in [5, 5.41) is 15.1. The second kappa shape index (κ2) is 9.30. The minimum absolute atomic E-state index is 0.166. The van der Waals surface area contributed by atoms with Gasteiger partial charge in [-0.15, -0.1) is 4.37 Å². The zero-order valence-corrected chi connectivity index (χ0v) is 18.2. The van der Waals surface area contributed by atoms with Crippen LogP contribution in [-0.4, -0.2) is 69.9 Å². The molecule has 1 unspecified atom stereocenters. The maximum atomic E-state index is 10.4.